The number of aromatic nitrogens is 5. The lowest BCUT2D eigenvalue weighted by Crippen LogP contribution is -2.09. The van der Waals surface area contributed by atoms with Crippen molar-refractivity contribution in [3.63, 3.8) is 0 Å². The Hall–Kier alpha value is -3.99. The second-order valence-electron chi connectivity index (χ2n) is 7.55. The van der Waals surface area contributed by atoms with E-state index in [9.17, 15) is 8.42 Å². The Bertz CT molecular complexity index is 1490. The summed E-state index contributed by atoms with van der Waals surface area (Å²) >= 11 is 0. The molecule has 4 rings (SSSR count). The predicted octanol–water partition coefficient (Wildman–Crippen LogP) is 3.48. The Balaban J connectivity index is 2.12. The Labute approximate surface area is 203 Å². The van der Waals surface area contributed by atoms with Crippen molar-refractivity contribution in [1.29, 1.82) is 0 Å². The highest BCUT2D eigenvalue weighted by atomic mass is 32.2. The van der Waals surface area contributed by atoms with Crippen molar-refractivity contribution in [3.8, 4) is 34.6 Å². The van der Waals surface area contributed by atoms with E-state index in [-0.39, 0.29) is 17.1 Å². The number of imidazole rings is 1. The van der Waals surface area contributed by atoms with Gasteiger partial charge in [-0.15, -0.1) is 0 Å². The molecule has 10 nitrogen and oxygen atoms in total. The summed E-state index contributed by atoms with van der Waals surface area (Å²) in [5.74, 6) is 1.51. The average Bonchev–Trinajstić information content (AvgIpc) is 3.20. The minimum Gasteiger partial charge on any atom is -0.494 e. The second-order valence-corrected chi connectivity index (χ2v) is 9.69. The van der Waals surface area contributed by atoms with E-state index in [0.717, 1.165) is 6.26 Å². The van der Waals surface area contributed by atoms with Gasteiger partial charge in [-0.3, -0.25) is 4.57 Å². The number of ether oxygens (including phenoxy) is 3. The molecule has 11 heteroatoms. The van der Waals surface area contributed by atoms with Crippen molar-refractivity contribution in [2.45, 2.75) is 12.7 Å². The van der Waals surface area contributed by atoms with Crippen LogP contribution in [0, 0.1) is 0 Å². The SMILES string of the molecule is C=Cc1nc2nc(-c3cccc(OCC)n3)n(-c3c(OC)cccc3OC)c2nc1CS(C)(=O)=O. The Morgan fingerprint density at radius 3 is 2.29 bits per heavy atom. The molecule has 0 radical (unpaired) electrons. The third kappa shape index (κ3) is 4.80. The number of hydrogen-bond donors (Lipinski definition) is 0. The number of para-hydroxylation sites is 1. The number of benzene rings is 1. The molecule has 0 aliphatic rings. The van der Waals surface area contributed by atoms with Crippen molar-refractivity contribution in [3.05, 3.63) is 54.4 Å². The van der Waals surface area contributed by atoms with Crippen molar-refractivity contribution < 1.29 is 22.6 Å². The molecule has 0 N–H and O–H groups in total. The summed E-state index contributed by atoms with van der Waals surface area (Å²) < 4.78 is 42.8. The average molecular weight is 496 g/mol. The second kappa shape index (κ2) is 9.71. The van der Waals surface area contributed by atoms with Crippen molar-refractivity contribution in [2.24, 2.45) is 0 Å². The van der Waals surface area contributed by atoms with Crippen LogP contribution < -0.4 is 14.2 Å². The highest BCUT2D eigenvalue weighted by Gasteiger charge is 2.25. The number of pyridine rings is 1. The minimum atomic E-state index is -3.40. The molecule has 0 saturated heterocycles. The maximum absolute atomic E-state index is 12.1. The van der Waals surface area contributed by atoms with Gasteiger partial charge in [-0.1, -0.05) is 18.7 Å². The highest BCUT2D eigenvalue weighted by Crippen LogP contribution is 2.38. The topological polar surface area (TPSA) is 118 Å². The van der Waals surface area contributed by atoms with Crippen LogP contribution in [0.3, 0.4) is 0 Å². The summed E-state index contributed by atoms with van der Waals surface area (Å²) in [5, 5.41) is 0. The molecule has 0 unspecified atom stereocenters. The summed E-state index contributed by atoms with van der Waals surface area (Å²) in [4.78, 5) is 18.6. The summed E-state index contributed by atoms with van der Waals surface area (Å²) in [7, 11) is -0.311. The van der Waals surface area contributed by atoms with Gasteiger partial charge in [-0.2, -0.15) is 0 Å². The molecule has 0 amide bonds. The largest absolute Gasteiger partial charge is 0.494 e. The number of methoxy groups -OCH3 is 2. The van der Waals surface area contributed by atoms with Crippen LogP contribution >= 0.6 is 0 Å². The quantitative estimate of drug-likeness (QED) is 0.344. The summed E-state index contributed by atoms with van der Waals surface area (Å²) in [6.45, 7) is 6.08. The summed E-state index contributed by atoms with van der Waals surface area (Å²) in [5.41, 5.74) is 2.20. The first-order chi connectivity index (χ1) is 16.8. The molecule has 1 aromatic carbocycles. The van der Waals surface area contributed by atoms with Crippen LogP contribution in [0.4, 0.5) is 0 Å². The minimum absolute atomic E-state index is 0.257. The van der Waals surface area contributed by atoms with E-state index < -0.39 is 9.84 Å². The van der Waals surface area contributed by atoms with E-state index >= 15 is 0 Å². The van der Waals surface area contributed by atoms with E-state index in [1.165, 1.54) is 6.08 Å². The Morgan fingerprint density at radius 1 is 1.00 bits per heavy atom. The molecule has 0 saturated carbocycles. The zero-order valence-electron chi connectivity index (χ0n) is 19.8. The third-order valence-electron chi connectivity index (χ3n) is 5.06. The van der Waals surface area contributed by atoms with E-state index in [4.69, 9.17) is 19.2 Å². The molecule has 3 aromatic heterocycles. The first-order valence-corrected chi connectivity index (χ1v) is 12.8. The van der Waals surface area contributed by atoms with Crippen molar-refractivity contribution >= 4 is 27.2 Å². The fourth-order valence-corrected chi connectivity index (χ4v) is 4.37. The molecular weight excluding hydrogens is 470 g/mol. The van der Waals surface area contributed by atoms with Crippen LogP contribution in [-0.2, 0) is 15.6 Å². The number of hydrogen-bond acceptors (Lipinski definition) is 9. The standard InChI is InChI=1S/C24H25N5O5S/c1-6-15-17(14-35(5,30)31)27-24-22(26-15)28-23(16-10-8-13-20(25-16)34-7-2)29(24)21-18(32-3)11-9-12-19(21)33-4/h6,8-13H,1,7,14H2,2-5H3. The first-order valence-electron chi connectivity index (χ1n) is 10.7. The van der Waals surface area contributed by atoms with Gasteiger partial charge in [0.25, 0.3) is 0 Å². The molecule has 182 valence electrons. The maximum Gasteiger partial charge on any atom is 0.213 e. The van der Waals surface area contributed by atoms with Crippen LogP contribution in [0.5, 0.6) is 17.4 Å². The monoisotopic (exact) mass is 495 g/mol. The van der Waals surface area contributed by atoms with Gasteiger partial charge in [-0.05, 0) is 31.2 Å². The lowest BCUT2D eigenvalue weighted by molar-refractivity contribution is 0.327. The molecule has 0 aliphatic heterocycles. The van der Waals surface area contributed by atoms with Gasteiger partial charge < -0.3 is 14.2 Å². The molecule has 0 spiro atoms. The normalized spacial score (nSPS) is 11.4. The fourth-order valence-electron chi connectivity index (χ4n) is 3.66. The summed E-state index contributed by atoms with van der Waals surface area (Å²) in [6.07, 6.45) is 2.60. The van der Waals surface area contributed by atoms with Gasteiger partial charge in [0.15, 0.2) is 27.0 Å². The van der Waals surface area contributed by atoms with Crippen LogP contribution in [-0.4, -0.2) is 60.0 Å². The Morgan fingerprint density at radius 2 is 1.69 bits per heavy atom. The molecular formula is C24H25N5O5S. The zero-order chi connectivity index (χ0) is 25.2. The van der Waals surface area contributed by atoms with Gasteiger partial charge in [0, 0.05) is 12.3 Å². The van der Waals surface area contributed by atoms with Gasteiger partial charge >= 0.3 is 0 Å². The first kappa shape index (κ1) is 24.1. The van der Waals surface area contributed by atoms with Gasteiger partial charge in [0.2, 0.25) is 5.88 Å². The molecule has 0 fully saturated rings. The number of fused-ring (bicyclic) bond motifs is 1. The number of rotatable bonds is 9. The Kier molecular flexibility index (Phi) is 6.70. The van der Waals surface area contributed by atoms with E-state index in [1.807, 2.05) is 13.0 Å². The number of sulfone groups is 1. The molecule has 4 aromatic rings. The summed E-state index contributed by atoms with van der Waals surface area (Å²) in [6, 6.07) is 10.7. The third-order valence-corrected chi connectivity index (χ3v) is 5.86. The van der Waals surface area contributed by atoms with Gasteiger partial charge in [-0.25, -0.2) is 28.4 Å². The van der Waals surface area contributed by atoms with Crippen LogP contribution in [0.15, 0.2) is 43.0 Å². The van der Waals surface area contributed by atoms with Crippen LogP contribution in [0.1, 0.15) is 18.3 Å². The van der Waals surface area contributed by atoms with E-state index in [0.29, 0.717) is 52.5 Å². The highest BCUT2D eigenvalue weighted by molar-refractivity contribution is 7.89. The van der Waals surface area contributed by atoms with Crippen molar-refractivity contribution in [1.82, 2.24) is 24.5 Å². The molecule has 0 bridgehead atoms. The smallest absolute Gasteiger partial charge is 0.213 e. The van der Waals surface area contributed by atoms with Crippen LogP contribution in [0.2, 0.25) is 0 Å². The molecule has 35 heavy (non-hydrogen) atoms. The van der Waals surface area contributed by atoms with E-state index in [1.54, 1.807) is 49.1 Å². The zero-order valence-corrected chi connectivity index (χ0v) is 20.7. The van der Waals surface area contributed by atoms with Gasteiger partial charge in [0.05, 0.1) is 38.0 Å². The lowest BCUT2D eigenvalue weighted by atomic mass is 10.2. The van der Waals surface area contributed by atoms with Gasteiger partial charge in [0.1, 0.15) is 22.9 Å². The fraction of sp³-hybridized carbons (Fsp3) is 0.250. The maximum atomic E-state index is 12.1. The van der Waals surface area contributed by atoms with E-state index in [2.05, 4.69) is 21.5 Å². The molecule has 0 atom stereocenters. The molecule has 3 heterocycles. The predicted molar refractivity (Wildman–Crippen MR) is 133 cm³/mol. The lowest BCUT2D eigenvalue weighted by Gasteiger charge is -2.16. The molecule has 0 aliphatic carbocycles. The van der Waals surface area contributed by atoms with Crippen molar-refractivity contribution in [2.75, 3.05) is 27.1 Å². The van der Waals surface area contributed by atoms with Crippen LogP contribution in [0.25, 0.3) is 34.6 Å². The number of nitrogens with zero attached hydrogens (tertiary/aromatic N) is 5.